The molecule has 0 aliphatic heterocycles. The standard InChI is InChI=1S/C24H19BrCl2N4O2S/c1-13-9-19(21(33-2)11-18(13)27)28-24(34)30-29-22-17-10-15(25)5-8-20(17)31(23(22)32)12-14-3-6-16(26)7-4-14/h3-11,32H,12H2,1-2H3,(H,28,34). The number of halogens is 3. The Morgan fingerprint density at radius 1 is 1.15 bits per heavy atom. The van der Waals surface area contributed by atoms with Gasteiger partial charge in [0.25, 0.3) is 0 Å². The van der Waals surface area contributed by atoms with E-state index in [2.05, 4.69) is 31.5 Å². The number of ether oxygens (including phenoxy) is 1. The number of hydrogen-bond donors (Lipinski definition) is 2. The zero-order chi connectivity index (χ0) is 24.4. The van der Waals surface area contributed by atoms with Gasteiger partial charge >= 0.3 is 0 Å². The highest BCUT2D eigenvalue weighted by Gasteiger charge is 2.18. The van der Waals surface area contributed by atoms with E-state index in [0.717, 1.165) is 26.5 Å². The minimum Gasteiger partial charge on any atom is -0.495 e. The summed E-state index contributed by atoms with van der Waals surface area (Å²) in [7, 11) is 1.54. The highest BCUT2D eigenvalue weighted by Crippen LogP contribution is 2.40. The zero-order valence-electron chi connectivity index (χ0n) is 18.1. The van der Waals surface area contributed by atoms with E-state index in [9.17, 15) is 5.11 Å². The van der Waals surface area contributed by atoms with Gasteiger partial charge in [-0.1, -0.05) is 51.3 Å². The Labute approximate surface area is 220 Å². The number of fused-ring (bicyclic) bond motifs is 1. The monoisotopic (exact) mass is 576 g/mol. The van der Waals surface area contributed by atoms with Crippen molar-refractivity contribution in [1.82, 2.24) is 4.57 Å². The fourth-order valence-corrected chi connectivity index (χ4v) is 4.28. The number of azo groups is 1. The van der Waals surface area contributed by atoms with Crippen LogP contribution in [0.3, 0.4) is 0 Å². The number of nitrogens with zero attached hydrogens (tertiary/aromatic N) is 3. The second kappa shape index (κ2) is 10.3. The Balaban J connectivity index is 1.67. The van der Waals surface area contributed by atoms with Gasteiger partial charge in [0.1, 0.15) is 5.75 Å². The van der Waals surface area contributed by atoms with Crippen molar-refractivity contribution in [2.24, 2.45) is 10.2 Å². The molecule has 34 heavy (non-hydrogen) atoms. The van der Waals surface area contributed by atoms with Gasteiger partial charge in [0.2, 0.25) is 11.0 Å². The molecule has 0 bridgehead atoms. The molecule has 0 amide bonds. The van der Waals surface area contributed by atoms with Crippen LogP contribution < -0.4 is 10.1 Å². The van der Waals surface area contributed by atoms with Crippen molar-refractivity contribution in [1.29, 1.82) is 0 Å². The molecule has 4 rings (SSSR count). The van der Waals surface area contributed by atoms with Gasteiger partial charge in [0, 0.05) is 26.0 Å². The van der Waals surface area contributed by atoms with Crippen molar-refractivity contribution in [3.8, 4) is 11.6 Å². The van der Waals surface area contributed by atoms with Gasteiger partial charge < -0.3 is 19.7 Å². The average Bonchev–Trinajstić information content (AvgIpc) is 3.06. The maximum atomic E-state index is 11.0. The predicted octanol–water partition coefficient (Wildman–Crippen LogP) is 8.26. The summed E-state index contributed by atoms with van der Waals surface area (Å²) < 4.78 is 7.98. The third kappa shape index (κ3) is 5.20. The highest BCUT2D eigenvalue weighted by atomic mass is 79.9. The Morgan fingerprint density at radius 3 is 2.59 bits per heavy atom. The van der Waals surface area contributed by atoms with Gasteiger partial charge in [-0.25, -0.2) is 0 Å². The third-order valence-corrected chi connectivity index (χ3v) is 6.53. The molecule has 0 saturated carbocycles. The molecule has 0 saturated heterocycles. The molecule has 174 valence electrons. The Morgan fingerprint density at radius 2 is 1.88 bits per heavy atom. The minimum absolute atomic E-state index is 0.0190. The van der Waals surface area contributed by atoms with Crippen molar-refractivity contribution in [3.63, 3.8) is 0 Å². The molecule has 0 aliphatic carbocycles. The fourth-order valence-electron chi connectivity index (χ4n) is 3.49. The van der Waals surface area contributed by atoms with Crippen LogP contribution in [0.1, 0.15) is 11.1 Å². The largest absolute Gasteiger partial charge is 0.495 e. The number of benzene rings is 3. The lowest BCUT2D eigenvalue weighted by atomic mass is 10.2. The maximum absolute atomic E-state index is 11.0. The normalized spacial score (nSPS) is 11.3. The van der Waals surface area contributed by atoms with E-state index in [1.54, 1.807) is 17.7 Å². The summed E-state index contributed by atoms with van der Waals surface area (Å²) in [5.74, 6) is 0.508. The first kappa shape index (κ1) is 24.5. The van der Waals surface area contributed by atoms with E-state index < -0.39 is 0 Å². The molecule has 6 nitrogen and oxygen atoms in total. The molecule has 4 aromatic rings. The number of hydrogen-bond acceptors (Lipinski definition) is 4. The van der Waals surface area contributed by atoms with Crippen LogP contribution >= 0.6 is 51.3 Å². The summed E-state index contributed by atoms with van der Waals surface area (Å²) in [5.41, 5.74) is 3.57. The molecule has 3 aromatic carbocycles. The van der Waals surface area contributed by atoms with Crippen LogP contribution in [0.25, 0.3) is 10.9 Å². The van der Waals surface area contributed by atoms with Gasteiger partial charge in [-0.15, -0.1) is 10.2 Å². The molecule has 1 heterocycles. The smallest absolute Gasteiger partial charge is 0.221 e. The Hall–Kier alpha value is -2.65. The molecular formula is C24H19BrCl2N4O2S. The number of aromatic nitrogens is 1. The van der Waals surface area contributed by atoms with Crippen LogP contribution in [0.15, 0.2) is 69.3 Å². The first-order chi connectivity index (χ1) is 16.3. The van der Waals surface area contributed by atoms with Crippen LogP contribution in [0.4, 0.5) is 11.4 Å². The van der Waals surface area contributed by atoms with Crippen LogP contribution in [0.5, 0.6) is 11.6 Å². The van der Waals surface area contributed by atoms with E-state index in [1.807, 2.05) is 55.5 Å². The SMILES string of the molecule is COc1cc(Cl)c(C)cc1NC(=S)N=Nc1c(O)n(Cc2ccc(Cl)cc2)c2ccc(Br)cc12. The molecule has 0 spiro atoms. The van der Waals surface area contributed by atoms with E-state index in [4.69, 9.17) is 40.2 Å². The second-order valence-corrected chi connectivity index (χ2v) is 9.62. The summed E-state index contributed by atoms with van der Waals surface area (Å²) in [4.78, 5) is 0. The molecule has 10 heteroatoms. The summed E-state index contributed by atoms with van der Waals surface area (Å²) in [6.45, 7) is 2.31. The van der Waals surface area contributed by atoms with Gasteiger partial charge in [0.15, 0.2) is 5.69 Å². The topological polar surface area (TPSA) is 71.1 Å². The molecule has 1 aromatic heterocycles. The fraction of sp³-hybridized carbons (Fsp3) is 0.125. The Bertz CT molecular complexity index is 1420. The van der Waals surface area contributed by atoms with Crippen molar-refractivity contribution >= 4 is 78.7 Å². The number of rotatable bonds is 5. The minimum atomic E-state index is -0.0190. The van der Waals surface area contributed by atoms with Gasteiger partial charge in [-0.2, -0.15) is 0 Å². The number of anilines is 1. The summed E-state index contributed by atoms with van der Waals surface area (Å²) in [5, 5.41) is 24.5. The summed E-state index contributed by atoms with van der Waals surface area (Å²) >= 11 is 21.0. The molecule has 0 fully saturated rings. The molecule has 0 unspecified atom stereocenters. The van der Waals surface area contributed by atoms with Crippen molar-refractivity contribution < 1.29 is 9.84 Å². The summed E-state index contributed by atoms with van der Waals surface area (Å²) in [6, 6.07) is 16.7. The molecule has 0 aliphatic rings. The first-order valence-corrected chi connectivity index (χ1v) is 12.0. The van der Waals surface area contributed by atoms with Crippen LogP contribution in [-0.4, -0.2) is 21.9 Å². The Kier molecular flexibility index (Phi) is 7.42. The lowest BCUT2D eigenvalue weighted by molar-refractivity contribution is 0.417. The molecular weight excluding hydrogens is 559 g/mol. The zero-order valence-corrected chi connectivity index (χ0v) is 22.1. The van der Waals surface area contributed by atoms with Crippen LogP contribution in [0, 0.1) is 6.92 Å². The number of thiocarbonyl (C=S) groups is 1. The molecule has 0 radical (unpaired) electrons. The van der Waals surface area contributed by atoms with Gasteiger partial charge in [-0.05, 0) is 66.7 Å². The van der Waals surface area contributed by atoms with E-state index in [1.165, 1.54) is 0 Å². The van der Waals surface area contributed by atoms with Gasteiger partial charge in [0.05, 0.1) is 24.9 Å². The maximum Gasteiger partial charge on any atom is 0.221 e. The van der Waals surface area contributed by atoms with E-state index >= 15 is 0 Å². The van der Waals surface area contributed by atoms with Gasteiger partial charge in [-0.3, -0.25) is 0 Å². The van der Waals surface area contributed by atoms with Crippen LogP contribution in [-0.2, 0) is 6.54 Å². The van der Waals surface area contributed by atoms with Crippen molar-refractivity contribution in [2.45, 2.75) is 13.5 Å². The highest BCUT2D eigenvalue weighted by molar-refractivity contribution is 9.10. The molecule has 0 atom stereocenters. The van der Waals surface area contributed by atoms with Crippen molar-refractivity contribution in [3.05, 3.63) is 80.2 Å². The number of aromatic hydroxyl groups is 1. The van der Waals surface area contributed by atoms with E-state index in [0.29, 0.717) is 33.7 Å². The van der Waals surface area contributed by atoms with Crippen LogP contribution in [0.2, 0.25) is 10.0 Å². The lowest BCUT2D eigenvalue weighted by Gasteiger charge is -2.11. The lowest BCUT2D eigenvalue weighted by Crippen LogP contribution is -2.06. The first-order valence-electron chi connectivity index (χ1n) is 10.1. The number of aryl methyl sites for hydroxylation is 1. The predicted molar refractivity (Wildman–Crippen MR) is 145 cm³/mol. The summed E-state index contributed by atoms with van der Waals surface area (Å²) in [6.07, 6.45) is 0. The van der Waals surface area contributed by atoms with Crippen molar-refractivity contribution in [2.75, 3.05) is 12.4 Å². The average molecular weight is 578 g/mol. The quantitative estimate of drug-likeness (QED) is 0.185. The second-order valence-electron chi connectivity index (χ2n) is 7.48. The number of nitrogens with one attached hydrogen (secondary N) is 1. The molecule has 2 N–H and O–H groups in total. The van der Waals surface area contributed by atoms with E-state index in [-0.39, 0.29) is 11.0 Å². The third-order valence-electron chi connectivity index (χ3n) is 5.19. The number of methoxy groups -OCH3 is 1.